The standard InChI is InChI=1S/C19H21ClN2O3/c1-13(18(23)24)12-22(2)19(25)21-11-15-5-3-4-6-17(15)14-7-9-16(20)10-8-14/h3-10,13H,11-12H2,1-2H3,(H,21,25)(H,23,24). The fourth-order valence-electron chi connectivity index (χ4n) is 2.46. The van der Waals surface area contributed by atoms with Crippen LogP contribution in [0, 0.1) is 5.92 Å². The number of carboxylic acids is 1. The summed E-state index contributed by atoms with van der Waals surface area (Å²) in [6, 6.07) is 15.0. The van der Waals surface area contributed by atoms with Crippen molar-refractivity contribution < 1.29 is 14.7 Å². The zero-order chi connectivity index (χ0) is 18.4. The molecule has 0 radical (unpaired) electrons. The molecule has 5 nitrogen and oxygen atoms in total. The van der Waals surface area contributed by atoms with Crippen molar-refractivity contribution >= 4 is 23.6 Å². The molecule has 0 fully saturated rings. The van der Waals surface area contributed by atoms with Crippen molar-refractivity contribution in [3.63, 3.8) is 0 Å². The average Bonchev–Trinajstić information content (AvgIpc) is 2.60. The van der Waals surface area contributed by atoms with Gasteiger partial charge in [-0.05, 0) is 28.8 Å². The van der Waals surface area contributed by atoms with Crippen LogP contribution in [0.3, 0.4) is 0 Å². The third-order valence-corrected chi connectivity index (χ3v) is 4.17. The molecule has 0 aliphatic rings. The lowest BCUT2D eigenvalue weighted by Gasteiger charge is -2.20. The molecule has 0 spiro atoms. The molecule has 2 rings (SSSR count). The number of benzene rings is 2. The van der Waals surface area contributed by atoms with Crippen LogP contribution in [0.2, 0.25) is 5.02 Å². The van der Waals surface area contributed by atoms with Crippen molar-refractivity contribution in [2.45, 2.75) is 13.5 Å². The topological polar surface area (TPSA) is 69.6 Å². The minimum Gasteiger partial charge on any atom is -0.481 e. The molecular formula is C19H21ClN2O3. The van der Waals surface area contributed by atoms with E-state index >= 15 is 0 Å². The van der Waals surface area contributed by atoms with E-state index in [0.29, 0.717) is 11.6 Å². The smallest absolute Gasteiger partial charge is 0.317 e. The van der Waals surface area contributed by atoms with Crippen LogP contribution < -0.4 is 5.32 Å². The number of rotatable bonds is 6. The Balaban J connectivity index is 2.05. The highest BCUT2D eigenvalue weighted by Gasteiger charge is 2.17. The summed E-state index contributed by atoms with van der Waals surface area (Å²) in [5.41, 5.74) is 3.00. The van der Waals surface area contributed by atoms with Crippen LogP contribution in [-0.2, 0) is 11.3 Å². The lowest BCUT2D eigenvalue weighted by molar-refractivity contribution is -0.141. The van der Waals surface area contributed by atoms with E-state index in [9.17, 15) is 9.59 Å². The number of halogens is 1. The molecule has 132 valence electrons. The number of hydrogen-bond acceptors (Lipinski definition) is 2. The molecule has 0 saturated carbocycles. The second-order valence-corrected chi connectivity index (χ2v) is 6.38. The largest absolute Gasteiger partial charge is 0.481 e. The van der Waals surface area contributed by atoms with Gasteiger partial charge in [0, 0.05) is 25.2 Å². The molecule has 0 aromatic heterocycles. The predicted octanol–water partition coefficient (Wildman–Crippen LogP) is 3.87. The maximum absolute atomic E-state index is 12.2. The van der Waals surface area contributed by atoms with E-state index in [0.717, 1.165) is 16.7 Å². The molecule has 2 amide bonds. The monoisotopic (exact) mass is 360 g/mol. The maximum atomic E-state index is 12.2. The summed E-state index contributed by atoms with van der Waals surface area (Å²) >= 11 is 5.94. The molecule has 0 bridgehead atoms. The van der Waals surface area contributed by atoms with Crippen LogP contribution >= 0.6 is 11.6 Å². The SMILES string of the molecule is CC(CN(C)C(=O)NCc1ccccc1-c1ccc(Cl)cc1)C(=O)O. The summed E-state index contributed by atoms with van der Waals surface area (Å²) in [4.78, 5) is 24.4. The molecular weight excluding hydrogens is 340 g/mol. The molecule has 2 aromatic rings. The van der Waals surface area contributed by atoms with Gasteiger partial charge >= 0.3 is 12.0 Å². The van der Waals surface area contributed by atoms with Crippen LogP contribution in [-0.4, -0.2) is 35.6 Å². The van der Waals surface area contributed by atoms with Crippen LogP contribution in [0.25, 0.3) is 11.1 Å². The Labute approximate surface area is 152 Å². The first-order valence-electron chi connectivity index (χ1n) is 7.94. The number of carbonyl (C=O) groups is 2. The van der Waals surface area contributed by atoms with Gasteiger partial charge in [0.1, 0.15) is 0 Å². The number of nitrogens with one attached hydrogen (secondary N) is 1. The van der Waals surface area contributed by atoms with Crippen molar-refractivity contribution in [1.29, 1.82) is 0 Å². The van der Waals surface area contributed by atoms with E-state index in [4.69, 9.17) is 16.7 Å². The van der Waals surface area contributed by atoms with E-state index in [1.807, 2.05) is 48.5 Å². The van der Waals surface area contributed by atoms with Crippen molar-refractivity contribution in [2.75, 3.05) is 13.6 Å². The Morgan fingerprint density at radius 1 is 1.16 bits per heavy atom. The van der Waals surface area contributed by atoms with Gasteiger partial charge in [-0.1, -0.05) is 54.9 Å². The van der Waals surface area contributed by atoms with Gasteiger partial charge in [-0.3, -0.25) is 4.79 Å². The zero-order valence-corrected chi connectivity index (χ0v) is 15.0. The lowest BCUT2D eigenvalue weighted by atomic mass is 10.00. The minimum absolute atomic E-state index is 0.153. The van der Waals surface area contributed by atoms with Crippen molar-refractivity contribution in [3.05, 3.63) is 59.1 Å². The minimum atomic E-state index is -0.923. The Bertz CT molecular complexity index is 747. The molecule has 0 aliphatic carbocycles. The van der Waals surface area contributed by atoms with Gasteiger partial charge in [0.05, 0.1) is 5.92 Å². The quantitative estimate of drug-likeness (QED) is 0.821. The van der Waals surface area contributed by atoms with Crippen LogP contribution in [0.4, 0.5) is 4.79 Å². The Kier molecular flexibility index (Phi) is 6.42. The second-order valence-electron chi connectivity index (χ2n) is 5.94. The highest BCUT2D eigenvalue weighted by atomic mass is 35.5. The van der Waals surface area contributed by atoms with Crippen molar-refractivity contribution in [3.8, 4) is 11.1 Å². The summed E-state index contributed by atoms with van der Waals surface area (Å²) in [6.07, 6.45) is 0. The first-order chi connectivity index (χ1) is 11.9. The molecule has 0 saturated heterocycles. The summed E-state index contributed by atoms with van der Waals surface area (Å²) < 4.78 is 0. The normalized spacial score (nSPS) is 11.6. The van der Waals surface area contributed by atoms with Gasteiger partial charge in [0.15, 0.2) is 0 Å². The van der Waals surface area contributed by atoms with E-state index in [-0.39, 0.29) is 12.6 Å². The van der Waals surface area contributed by atoms with Crippen LogP contribution in [0.1, 0.15) is 12.5 Å². The van der Waals surface area contributed by atoms with Crippen molar-refractivity contribution in [1.82, 2.24) is 10.2 Å². The zero-order valence-electron chi connectivity index (χ0n) is 14.2. The Hall–Kier alpha value is -2.53. The molecule has 6 heteroatoms. The molecule has 0 heterocycles. The number of urea groups is 1. The summed E-state index contributed by atoms with van der Waals surface area (Å²) in [6.45, 7) is 2.07. The third kappa shape index (κ3) is 5.22. The van der Waals surface area contributed by atoms with Gasteiger partial charge < -0.3 is 15.3 Å². The van der Waals surface area contributed by atoms with Gasteiger partial charge in [0.2, 0.25) is 0 Å². The van der Waals surface area contributed by atoms with Gasteiger partial charge in [-0.15, -0.1) is 0 Å². The summed E-state index contributed by atoms with van der Waals surface area (Å²) in [7, 11) is 1.58. The number of aliphatic carboxylic acids is 1. The number of carboxylic acid groups (broad SMARTS) is 1. The highest BCUT2D eigenvalue weighted by molar-refractivity contribution is 6.30. The summed E-state index contributed by atoms with van der Waals surface area (Å²) in [5.74, 6) is -1.54. The number of nitrogens with zero attached hydrogens (tertiary/aromatic N) is 1. The van der Waals surface area contributed by atoms with Gasteiger partial charge in [-0.25, -0.2) is 4.79 Å². The van der Waals surface area contributed by atoms with E-state index in [1.54, 1.807) is 14.0 Å². The van der Waals surface area contributed by atoms with Crippen molar-refractivity contribution in [2.24, 2.45) is 5.92 Å². The number of amides is 2. The average molecular weight is 361 g/mol. The van der Waals surface area contributed by atoms with E-state index in [2.05, 4.69) is 5.32 Å². The molecule has 1 unspecified atom stereocenters. The van der Waals surface area contributed by atoms with E-state index in [1.165, 1.54) is 4.90 Å². The molecule has 1 atom stereocenters. The fourth-order valence-corrected chi connectivity index (χ4v) is 2.59. The summed E-state index contributed by atoms with van der Waals surface area (Å²) in [5, 5.41) is 12.4. The third-order valence-electron chi connectivity index (χ3n) is 3.92. The first kappa shape index (κ1) is 18.8. The molecule has 2 N–H and O–H groups in total. The van der Waals surface area contributed by atoms with Crippen LogP contribution in [0.5, 0.6) is 0 Å². The predicted molar refractivity (Wildman–Crippen MR) is 98.6 cm³/mol. The number of hydrogen-bond donors (Lipinski definition) is 2. The Morgan fingerprint density at radius 2 is 1.80 bits per heavy atom. The molecule has 0 aliphatic heterocycles. The molecule has 2 aromatic carbocycles. The second kappa shape index (κ2) is 8.53. The highest BCUT2D eigenvalue weighted by Crippen LogP contribution is 2.25. The van der Waals surface area contributed by atoms with Gasteiger partial charge in [-0.2, -0.15) is 0 Å². The Morgan fingerprint density at radius 3 is 2.44 bits per heavy atom. The lowest BCUT2D eigenvalue weighted by Crippen LogP contribution is -2.40. The maximum Gasteiger partial charge on any atom is 0.317 e. The van der Waals surface area contributed by atoms with Gasteiger partial charge in [0.25, 0.3) is 0 Å². The number of carbonyl (C=O) groups excluding carboxylic acids is 1. The fraction of sp³-hybridized carbons (Fsp3) is 0.263. The molecule has 25 heavy (non-hydrogen) atoms. The van der Waals surface area contributed by atoms with Crippen LogP contribution in [0.15, 0.2) is 48.5 Å². The van der Waals surface area contributed by atoms with E-state index < -0.39 is 11.9 Å². The first-order valence-corrected chi connectivity index (χ1v) is 8.32.